The van der Waals surface area contributed by atoms with Crippen LogP contribution in [0.2, 0.25) is 0 Å². The summed E-state index contributed by atoms with van der Waals surface area (Å²) in [6, 6.07) is 6.40. The van der Waals surface area contributed by atoms with Gasteiger partial charge >= 0.3 is 0 Å². The van der Waals surface area contributed by atoms with Crippen molar-refractivity contribution in [2.45, 2.75) is 44.9 Å². The number of fused-ring (bicyclic) bond motifs is 2. The van der Waals surface area contributed by atoms with Gasteiger partial charge in [-0.15, -0.1) is 0 Å². The maximum absolute atomic E-state index is 13.1. The van der Waals surface area contributed by atoms with Gasteiger partial charge in [0.05, 0.1) is 5.69 Å². The van der Waals surface area contributed by atoms with Crippen molar-refractivity contribution in [3.05, 3.63) is 59.0 Å². The van der Waals surface area contributed by atoms with Crippen molar-refractivity contribution in [3.63, 3.8) is 0 Å². The van der Waals surface area contributed by atoms with Crippen LogP contribution in [-0.2, 0) is 17.6 Å². The quantitative estimate of drug-likeness (QED) is 0.788. The van der Waals surface area contributed by atoms with Crippen molar-refractivity contribution < 1.29 is 4.79 Å². The monoisotopic (exact) mass is 371 g/mol. The van der Waals surface area contributed by atoms with Gasteiger partial charge in [0.25, 0.3) is 0 Å². The molecule has 0 spiro atoms. The van der Waals surface area contributed by atoms with E-state index in [0.29, 0.717) is 11.6 Å². The fourth-order valence-electron chi connectivity index (χ4n) is 4.70. The molecule has 0 bridgehead atoms. The summed E-state index contributed by atoms with van der Waals surface area (Å²) in [5.74, 6) is 1.91. The van der Waals surface area contributed by atoms with Gasteiger partial charge in [-0.05, 0) is 49.7 Å². The predicted octanol–water partition coefficient (Wildman–Crippen LogP) is 4.80. The number of Topliss-reactive ketones (excluding diaryl/α,β-unsaturated/α-hetero) is 1. The van der Waals surface area contributed by atoms with E-state index in [2.05, 4.69) is 52.1 Å². The molecule has 3 aliphatic rings. The smallest absolute Gasteiger partial charge is 0.163 e. The van der Waals surface area contributed by atoms with Crippen LogP contribution in [0.3, 0.4) is 0 Å². The van der Waals surface area contributed by atoms with Crippen LogP contribution < -0.4 is 5.73 Å². The number of aryl methyl sites for hydroxylation is 2. The second-order valence-electron chi connectivity index (χ2n) is 7.95. The van der Waals surface area contributed by atoms with Crippen LogP contribution in [-0.4, -0.2) is 15.3 Å². The molecule has 4 heteroatoms. The minimum absolute atomic E-state index is 0.120. The summed E-state index contributed by atoms with van der Waals surface area (Å²) in [7, 11) is 0. The van der Waals surface area contributed by atoms with Crippen LogP contribution in [0.15, 0.2) is 42.0 Å². The maximum Gasteiger partial charge on any atom is 0.163 e. The summed E-state index contributed by atoms with van der Waals surface area (Å²) in [4.78, 5) is 17.7. The Kier molecular flexibility index (Phi) is 4.27. The van der Waals surface area contributed by atoms with Crippen LogP contribution in [0.5, 0.6) is 0 Å². The number of nitrogens with two attached hydrogens (primary N) is 1. The first-order chi connectivity index (χ1) is 13.7. The highest BCUT2D eigenvalue weighted by atomic mass is 16.1. The van der Waals surface area contributed by atoms with E-state index in [4.69, 9.17) is 5.73 Å². The molecule has 2 aliphatic carbocycles. The van der Waals surface area contributed by atoms with Crippen molar-refractivity contribution >= 4 is 23.9 Å². The predicted molar refractivity (Wildman–Crippen MR) is 114 cm³/mol. The van der Waals surface area contributed by atoms with Crippen LogP contribution in [0.25, 0.3) is 23.5 Å². The molecule has 0 fully saturated rings. The van der Waals surface area contributed by atoms with E-state index in [1.807, 2.05) is 6.20 Å². The van der Waals surface area contributed by atoms with Gasteiger partial charge in [0.15, 0.2) is 11.6 Å². The Labute approximate surface area is 165 Å². The molecule has 4 nitrogen and oxygen atoms in total. The molecule has 5 rings (SSSR count). The SMILES string of the molecule is Nc1nc2n(c1-c1cccc3c1C=CCC3)C=C(C(=O)C1CC=CCC1)CC2. The summed E-state index contributed by atoms with van der Waals surface area (Å²) in [6.07, 6.45) is 17.2. The Hall–Kier alpha value is -2.88. The number of allylic oxidation sites excluding steroid dienone is 4. The first-order valence-electron chi connectivity index (χ1n) is 10.3. The number of hydrogen-bond acceptors (Lipinski definition) is 3. The molecule has 2 aromatic rings. The molecule has 2 heterocycles. The number of ketones is 1. The van der Waals surface area contributed by atoms with E-state index in [-0.39, 0.29) is 5.92 Å². The third-order valence-corrected chi connectivity index (χ3v) is 6.19. The molecule has 1 unspecified atom stereocenters. The van der Waals surface area contributed by atoms with Crippen LogP contribution in [0, 0.1) is 5.92 Å². The standard InChI is InChI=1S/C24H25N3O/c25-24-22(20-12-6-10-16-7-4-5-11-19(16)20)27-15-18(13-14-21(27)26-24)23(28)17-8-2-1-3-9-17/h1-2,5-6,10-12,15,17H,3-4,7-9,13-14,25H2. The normalized spacial score (nSPS) is 20.4. The largest absolute Gasteiger partial charge is 0.382 e. The number of imidazole rings is 1. The van der Waals surface area contributed by atoms with Crippen LogP contribution >= 0.6 is 0 Å². The van der Waals surface area contributed by atoms with Crippen molar-refractivity contribution in [1.29, 1.82) is 0 Å². The highest BCUT2D eigenvalue weighted by Gasteiger charge is 2.27. The Morgan fingerprint density at radius 2 is 2.04 bits per heavy atom. The van der Waals surface area contributed by atoms with E-state index in [9.17, 15) is 4.79 Å². The molecule has 0 amide bonds. The second-order valence-corrected chi connectivity index (χ2v) is 7.95. The highest BCUT2D eigenvalue weighted by Crippen LogP contribution is 2.37. The third kappa shape index (κ3) is 2.84. The average molecular weight is 371 g/mol. The molecule has 1 aromatic carbocycles. The van der Waals surface area contributed by atoms with Gasteiger partial charge in [0.2, 0.25) is 0 Å². The van der Waals surface area contributed by atoms with Crippen molar-refractivity contribution in [3.8, 4) is 11.3 Å². The highest BCUT2D eigenvalue weighted by molar-refractivity contribution is 6.00. The zero-order valence-electron chi connectivity index (χ0n) is 16.0. The van der Waals surface area contributed by atoms with Gasteiger partial charge in [-0.1, -0.05) is 42.5 Å². The molecule has 0 saturated heterocycles. The summed E-state index contributed by atoms with van der Waals surface area (Å²) in [5, 5.41) is 0. The Morgan fingerprint density at radius 1 is 1.11 bits per heavy atom. The lowest BCUT2D eigenvalue weighted by Gasteiger charge is -2.22. The number of rotatable bonds is 3. The average Bonchev–Trinajstić information content (AvgIpc) is 3.08. The van der Waals surface area contributed by atoms with Crippen molar-refractivity contribution in [2.24, 2.45) is 5.92 Å². The first kappa shape index (κ1) is 17.2. The molecule has 2 N–H and O–H groups in total. The lowest BCUT2D eigenvalue weighted by molar-refractivity contribution is -0.119. The molecule has 0 radical (unpaired) electrons. The number of hydrogen-bond donors (Lipinski definition) is 1. The molecule has 1 atom stereocenters. The molecular weight excluding hydrogens is 346 g/mol. The number of anilines is 1. The number of carbonyl (C=O) groups is 1. The van der Waals surface area contributed by atoms with Gasteiger partial charge in [-0.25, -0.2) is 4.98 Å². The lowest BCUT2D eigenvalue weighted by Crippen LogP contribution is -2.21. The minimum atomic E-state index is 0.120. The Balaban J connectivity index is 1.59. The molecule has 142 valence electrons. The molecule has 1 aliphatic heterocycles. The Morgan fingerprint density at radius 3 is 2.89 bits per heavy atom. The zero-order chi connectivity index (χ0) is 19.1. The summed E-state index contributed by atoms with van der Waals surface area (Å²) in [6.45, 7) is 0. The third-order valence-electron chi connectivity index (χ3n) is 6.19. The fraction of sp³-hybridized carbons (Fsp3) is 0.333. The number of benzene rings is 1. The summed E-state index contributed by atoms with van der Waals surface area (Å²) in [5.41, 5.74) is 11.9. The fourth-order valence-corrected chi connectivity index (χ4v) is 4.70. The van der Waals surface area contributed by atoms with E-state index in [1.54, 1.807) is 0 Å². The number of nitrogen functional groups attached to an aromatic ring is 1. The van der Waals surface area contributed by atoms with Gasteiger partial charge in [0.1, 0.15) is 5.82 Å². The molecule has 1 aromatic heterocycles. The van der Waals surface area contributed by atoms with Gasteiger partial charge in [-0.2, -0.15) is 0 Å². The molecule has 0 saturated carbocycles. The first-order valence-corrected chi connectivity index (χ1v) is 10.3. The zero-order valence-corrected chi connectivity index (χ0v) is 16.0. The number of carbonyl (C=O) groups excluding carboxylic acids is 1. The number of nitrogens with zero attached hydrogens (tertiary/aromatic N) is 2. The topological polar surface area (TPSA) is 60.9 Å². The second kappa shape index (κ2) is 6.93. The van der Waals surface area contributed by atoms with E-state index < -0.39 is 0 Å². The maximum atomic E-state index is 13.1. The summed E-state index contributed by atoms with van der Waals surface area (Å²) < 4.78 is 2.07. The van der Waals surface area contributed by atoms with Gasteiger partial charge in [0, 0.05) is 29.7 Å². The summed E-state index contributed by atoms with van der Waals surface area (Å²) >= 11 is 0. The van der Waals surface area contributed by atoms with E-state index in [1.165, 1.54) is 11.1 Å². The van der Waals surface area contributed by atoms with Gasteiger partial charge < -0.3 is 10.3 Å². The lowest BCUT2D eigenvalue weighted by atomic mass is 9.85. The van der Waals surface area contributed by atoms with E-state index >= 15 is 0 Å². The van der Waals surface area contributed by atoms with Crippen LogP contribution in [0.1, 0.15) is 49.1 Å². The Bertz CT molecular complexity index is 1040. The van der Waals surface area contributed by atoms with Crippen LogP contribution in [0.4, 0.5) is 5.82 Å². The number of aromatic nitrogens is 2. The molecular formula is C24H25N3O. The van der Waals surface area contributed by atoms with Crippen molar-refractivity contribution in [2.75, 3.05) is 5.73 Å². The minimum Gasteiger partial charge on any atom is -0.382 e. The van der Waals surface area contributed by atoms with Gasteiger partial charge in [-0.3, -0.25) is 4.79 Å². The molecule has 28 heavy (non-hydrogen) atoms. The van der Waals surface area contributed by atoms with E-state index in [0.717, 1.165) is 67.6 Å². The van der Waals surface area contributed by atoms with Crippen molar-refractivity contribution in [1.82, 2.24) is 9.55 Å².